The Morgan fingerprint density at radius 2 is 1.35 bits per heavy atom. The minimum Gasteiger partial charge on any atom is -0.351 e. The van der Waals surface area contributed by atoms with E-state index in [1.54, 1.807) is 48.5 Å². The summed E-state index contributed by atoms with van der Waals surface area (Å²) in [6.45, 7) is 0.759. The first kappa shape index (κ1) is 18.8. The molecule has 1 heterocycles. The molecule has 31 heavy (non-hydrogen) atoms. The fourth-order valence-electron chi connectivity index (χ4n) is 7.06. The molecule has 4 saturated carbocycles. The number of nitrogens with zero attached hydrogens (tertiary/aromatic N) is 1. The van der Waals surface area contributed by atoms with Gasteiger partial charge in [-0.1, -0.05) is 12.1 Å². The third-order valence-corrected chi connectivity index (χ3v) is 7.97. The summed E-state index contributed by atoms with van der Waals surface area (Å²) in [6, 6.07) is 13.6. The van der Waals surface area contributed by atoms with Gasteiger partial charge in [0.25, 0.3) is 17.7 Å². The molecule has 5 heteroatoms. The van der Waals surface area contributed by atoms with Gasteiger partial charge in [0.05, 0.1) is 16.8 Å². The van der Waals surface area contributed by atoms with Crippen molar-refractivity contribution in [2.45, 2.75) is 38.5 Å². The van der Waals surface area contributed by atoms with Gasteiger partial charge in [0.2, 0.25) is 0 Å². The van der Waals surface area contributed by atoms with Crippen LogP contribution in [0.4, 0.5) is 5.69 Å². The quantitative estimate of drug-likeness (QED) is 0.753. The van der Waals surface area contributed by atoms with Gasteiger partial charge in [-0.15, -0.1) is 0 Å². The minimum atomic E-state index is -0.320. The molecule has 5 aliphatic rings. The SMILES string of the molecule is O=C(NCC12CC3CC(CC(C3)C1)C2)c1ccc(N2C(=O)c3ccccc3C2=O)cc1. The van der Waals surface area contributed by atoms with Crippen molar-refractivity contribution in [1.29, 1.82) is 0 Å². The second-order valence-corrected chi connectivity index (χ2v) is 10.1. The topological polar surface area (TPSA) is 66.5 Å². The predicted octanol–water partition coefficient (Wildman–Crippen LogP) is 4.43. The smallest absolute Gasteiger partial charge is 0.266 e. The van der Waals surface area contributed by atoms with Gasteiger partial charge in [0.15, 0.2) is 0 Å². The maximum atomic E-state index is 12.8. The first-order valence-electron chi connectivity index (χ1n) is 11.4. The molecule has 3 amide bonds. The zero-order valence-corrected chi connectivity index (χ0v) is 17.5. The molecule has 0 radical (unpaired) electrons. The summed E-state index contributed by atoms with van der Waals surface area (Å²) < 4.78 is 0. The molecule has 0 atom stereocenters. The Bertz CT molecular complexity index is 1020. The van der Waals surface area contributed by atoms with E-state index in [1.165, 1.54) is 43.4 Å². The number of benzene rings is 2. The van der Waals surface area contributed by atoms with Crippen LogP contribution in [0.5, 0.6) is 0 Å². The van der Waals surface area contributed by atoms with Crippen LogP contribution in [0.2, 0.25) is 0 Å². The standard InChI is InChI=1S/C26H26N2O3/c29-23(27-15-26-12-16-9-17(13-26)11-18(10-16)14-26)19-5-7-20(8-6-19)28-24(30)21-3-1-2-4-22(21)25(28)31/h1-8,16-18H,9-15H2,(H,27,29). The lowest BCUT2D eigenvalue weighted by Crippen LogP contribution is -2.51. The normalized spacial score (nSPS) is 30.6. The summed E-state index contributed by atoms with van der Waals surface area (Å²) in [5, 5.41) is 3.19. The van der Waals surface area contributed by atoms with Crippen molar-refractivity contribution in [3.63, 3.8) is 0 Å². The first-order valence-corrected chi connectivity index (χ1v) is 11.4. The number of hydrogen-bond donors (Lipinski definition) is 1. The second-order valence-electron chi connectivity index (χ2n) is 10.1. The largest absolute Gasteiger partial charge is 0.351 e. The highest BCUT2D eigenvalue weighted by Crippen LogP contribution is 2.59. The van der Waals surface area contributed by atoms with Gasteiger partial charge in [0.1, 0.15) is 0 Å². The van der Waals surface area contributed by atoms with Crippen molar-refractivity contribution in [3.8, 4) is 0 Å². The lowest BCUT2D eigenvalue weighted by atomic mass is 9.49. The number of fused-ring (bicyclic) bond motifs is 1. The van der Waals surface area contributed by atoms with Crippen LogP contribution < -0.4 is 10.2 Å². The molecule has 5 nitrogen and oxygen atoms in total. The fraction of sp³-hybridized carbons (Fsp3) is 0.423. The van der Waals surface area contributed by atoms with E-state index in [4.69, 9.17) is 0 Å². The summed E-state index contributed by atoms with van der Waals surface area (Å²) in [6.07, 6.45) is 7.97. The van der Waals surface area contributed by atoms with Crippen molar-refractivity contribution in [2.75, 3.05) is 11.4 Å². The van der Waals surface area contributed by atoms with Gasteiger partial charge < -0.3 is 5.32 Å². The third kappa shape index (κ3) is 3.01. The van der Waals surface area contributed by atoms with Gasteiger partial charge in [-0.25, -0.2) is 4.90 Å². The number of nitrogens with one attached hydrogen (secondary N) is 1. The molecule has 1 N–H and O–H groups in total. The number of anilines is 1. The summed E-state index contributed by atoms with van der Waals surface area (Å²) in [7, 11) is 0. The molecule has 4 fully saturated rings. The number of amides is 3. The van der Waals surface area contributed by atoms with Crippen LogP contribution >= 0.6 is 0 Å². The Kier molecular flexibility index (Phi) is 4.11. The predicted molar refractivity (Wildman–Crippen MR) is 117 cm³/mol. The van der Waals surface area contributed by atoms with E-state index in [-0.39, 0.29) is 17.7 Å². The molecule has 2 aromatic carbocycles. The monoisotopic (exact) mass is 414 g/mol. The van der Waals surface area contributed by atoms with Crippen LogP contribution in [0.15, 0.2) is 48.5 Å². The number of carbonyl (C=O) groups excluding carboxylic acids is 3. The molecule has 4 bridgehead atoms. The lowest BCUT2D eigenvalue weighted by Gasteiger charge is -2.56. The molecular weight excluding hydrogens is 388 g/mol. The summed E-state index contributed by atoms with van der Waals surface area (Å²) in [4.78, 5) is 39.3. The molecule has 158 valence electrons. The van der Waals surface area contributed by atoms with Gasteiger partial charge in [0, 0.05) is 12.1 Å². The summed E-state index contributed by atoms with van der Waals surface area (Å²) in [5.41, 5.74) is 2.19. The van der Waals surface area contributed by atoms with Crippen molar-refractivity contribution in [3.05, 3.63) is 65.2 Å². The van der Waals surface area contributed by atoms with Gasteiger partial charge in [-0.3, -0.25) is 14.4 Å². The van der Waals surface area contributed by atoms with Crippen LogP contribution in [0, 0.1) is 23.2 Å². The van der Waals surface area contributed by atoms with Crippen LogP contribution in [0.1, 0.15) is 69.6 Å². The Morgan fingerprint density at radius 3 is 1.87 bits per heavy atom. The van der Waals surface area contributed by atoms with Crippen molar-refractivity contribution >= 4 is 23.4 Å². The van der Waals surface area contributed by atoms with E-state index in [0.29, 0.717) is 27.8 Å². The molecule has 4 aliphatic carbocycles. The number of rotatable bonds is 4. The summed E-state index contributed by atoms with van der Waals surface area (Å²) >= 11 is 0. The van der Waals surface area contributed by atoms with E-state index in [1.807, 2.05) is 0 Å². The Hall–Kier alpha value is -2.95. The molecule has 0 saturated heterocycles. The molecule has 0 spiro atoms. The van der Waals surface area contributed by atoms with Crippen LogP contribution in [0.25, 0.3) is 0 Å². The zero-order valence-electron chi connectivity index (χ0n) is 17.5. The highest BCUT2D eigenvalue weighted by molar-refractivity contribution is 6.34. The van der Waals surface area contributed by atoms with Crippen molar-refractivity contribution in [1.82, 2.24) is 5.32 Å². The van der Waals surface area contributed by atoms with Crippen LogP contribution in [-0.2, 0) is 0 Å². The highest BCUT2D eigenvalue weighted by Gasteiger charge is 2.50. The molecule has 1 aliphatic heterocycles. The highest BCUT2D eigenvalue weighted by atomic mass is 16.2. The van der Waals surface area contributed by atoms with Crippen LogP contribution in [-0.4, -0.2) is 24.3 Å². The van der Waals surface area contributed by atoms with E-state index < -0.39 is 0 Å². The van der Waals surface area contributed by atoms with Crippen molar-refractivity contribution < 1.29 is 14.4 Å². The van der Waals surface area contributed by atoms with E-state index in [0.717, 1.165) is 24.3 Å². The molecule has 7 rings (SSSR count). The zero-order chi connectivity index (χ0) is 21.2. The van der Waals surface area contributed by atoms with Gasteiger partial charge >= 0.3 is 0 Å². The Balaban J connectivity index is 1.15. The third-order valence-electron chi connectivity index (χ3n) is 7.97. The average molecular weight is 415 g/mol. The number of hydrogen-bond acceptors (Lipinski definition) is 3. The average Bonchev–Trinajstić information content (AvgIpc) is 3.02. The van der Waals surface area contributed by atoms with Gasteiger partial charge in [-0.2, -0.15) is 0 Å². The van der Waals surface area contributed by atoms with E-state index in [2.05, 4.69) is 5.32 Å². The molecule has 0 aromatic heterocycles. The van der Waals surface area contributed by atoms with E-state index >= 15 is 0 Å². The Morgan fingerprint density at radius 1 is 0.839 bits per heavy atom. The maximum Gasteiger partial charge on any atom is 0.266 e. The first-order chi connectivity index (χ1) is 15.0. The summed E-state index contributed by atoms with van der Waals surface area (Å²) in [5.74, 6) is 1.87. The Labute approximate surface area is 181 Å². The van der Waals surface area contributed by atoms with E-state index in [9.17, 15) is 14.4 Å². The second kappa shape index (κ2) is 6.78. The maximum absolute atomic E-state index is 12.8. The minimum absolute atomic E-state index is 0.0790. The molecular formula is C26H26N2O3. The lowest BCUT2D eigenvalue weighted by molar-refractivity contribution is -0.0503. The number of imide groups is 1. The fourth-order valence-corrected chi connectivity index (χ4v) is 7.06. The number of carbonyl (C=O) groups is 3. The molecule has 2 aromatic rings. The van der Waals surface area contributed by atoms with Crippen molar-refractivity contribution in [2.24, 2.45) is 23.2 Å². The van der Waals surface area contributed by atoms with Gasteiger partial charge in [-0.05, 0) is 98.1 Å². The molecule has 0 unspecified atom stereocenters. The van der Waals surface area contributed by atoms with Crippen LogP contribution in [0.3, 0.4) is 0 Å².